The van der Waals surface area contributed by atoms with Gasteiger partial charge in [-0.15, -0.1) is 0 Å². The molecule has 1 fully saturated rings. The van der Waals surface area contributed by atoms with Crippen LogP contribution in [0.4, 0.5) is 0 Å². The highest BCUT2D eigenvalue weighted by Gasteiger charge is 2.35. The zero-order chi connectivity index (χ0) is 11.7. The number of aliphatic hydroxyl groups excluding tert-OH is 1. The van der Waals surface area contributed by atoms with Crippen molar-refractivity contribution in [1.29, 1.82) is 0 Å². The lowest BCUT2D eigenvalue weighted by atomic mass is 9.63. The highest BCUT2D eigenvalue weighted by Crippen LogP contribution is 2.45. The zero-order valence-electron chi connectivity index (χ0n) is 11.1. The van der Waals surface area contributed by atoms with Gasteiger partial charge in [0.25, 0.3) is 0 Å². The summed E-state index contributed by atoms with van der Waals surface area (Å²) in [5, 5.41) is 9.49. The number of rotatable bonds is 2. The van der Waals surface area contributed by atoms with Gasteiger partial charge < -0.3 is 5.11 Å². The fourth-order valence-electron chi connectivity index (χ4n) is 2.38. The fraction of sp³-hybridized carbons (Fsp3) is 1.00. The average molecular weight is 212 g/mol. The van der Waals surface area contributed by atoms with E-state index in [2.05, 4.69) is 34.6 Å². The van der Waals surface area contributed by atoms with Gasteiger partial charge in [0.15, 0.2) is 0 Å². The molecule has 0 aromatic rings. The van der Waals surface area contributed by atoms with Crippen molar-refractivity contribution in [2.75, 3.05) is 0 Å². The van der Waals surface area contributed by atoms with Crippen molar-refractivity contribution >= 4 is 0 Å². The summed E-state index contributed by atoms with van der Waals surface area (Å²) >= 11 is 0. The normalized spacial score (nSPS) is 29.2. The molecule has 1 saturated carbocycles. The van der Waals surface area contributed by atoms with Gasteiger partial charge in [-0.25, -0.2) is 0 Å². The molecule has 1 aliphatic rings. The van der Waals surface area contributed by atoms with Crippen LogP contribution < -0.4 is 0 Å². The summed E-state index contributed by atoms with van der Waals surface area (Å²) in [6, 6.07) is 0. The Kier molecular flexibility index (Phi) is 3.86. The minimum Gasteiger partial charge on any atom is -0.393 e. The van der Waals surface area contributed by atoms with E-state index < -0.39 is 0 Å². The number of hydrogen-bond donors (Lipinski definition) is 1. The average Bonchev–Trinajstić information content (AvgIpc) is 2.06. The van der Waals surface area contributed by atoms with Gasteiger partial charge in [-0.1, -0.05) is 34.6 Å². The van der Waals surface area contributed by atoms with Crippen LogP contribution in [0.2, 0.25) is 0 Å². The first-order valence-electron chi connectivity index (χ1n) is 6.40. The van der Waals surface area contributed by atoms with Gasteiger partial charge in [-0.3, -0.25) is 0 Å². The van der Waals surface area contributed by atoms with E-state index in [0.717, 1.165) is 18.8 Å². The van der Waals surface area contributed by atoms with E-state index in [0.29, 0.717) is 10.8 Å². The Bertz CT molecular complexity index is 192. The molecule has 0 radical (unpaired) electrons. The first-order chi connectivity index (χ1) is 6.72. The molecule has 0 amide bonds. The highest BCUT2D eigenvalue weighted by atomic mass is 16.3. The number of aliphatic hydroxyl groups is 1. The smallest absolute Gasteiger partial charge is 0.0540 e. The van der Waals surface area contributed by atoms with Crippen molar-refractivity contribution in [2.24, 2.45) is 16.7 Å². The quantitative estimate of drug-likeness (QED) is 0.733. The molecular weight excluding hydrogens is 184 g/mol. The number of hydrogen-bond acceptors (Lipinski definition) is 1. The van der Waals surface area contributed by atoms with Gasteiger partial charge in [0.1, 0.15) is 0 Å². The summed E-state index contributed by atoms with van der Waals surface area (Å²) in [7, 11) is 0. The molecule has 0 atom stereocenters. The third-order valence-electron chi connectivity index (χ3n) is 4.65. The van der Waals surface area contributed by atoms with Crippen molar-refractivity contribution < 1.29 is 5.11 Å². The zero-order valence-corrected chi connectivity index (χ0v) is 11.1. The largest absolute Gasteiger partial charge is 0.393 e. The Morgan fingerprint density at radius 2 is 1.40 bits per heavy atom. The third kappa shape index (κ3) is 3.48. The molecule has 90 valence electrons. The Morgan fingerprint density at radius 1 is 0.933 bits per heavy atom. The minimum absolute atomic E-state index is 0.0148. The van der Waals surface area contributed by atoms with E-state index in [1.807, 2.05) is 0 Å². The van der Waals surface area contributed by atoms with Gasteiger partial charge in [0, 0.05) is 0 Å². The van der Waals surface area contributed by atoms with E-state index in [1.54, 1.807) is 0 Å². The molecule has 1 N–H and O–H groups in total. The molecule has 0 heterocycles. The fourth-order valence-corrected chi connectivity index (χ4v) is 2.38. The second-order valence-electron chi connectivity index (χ2n) is 7.01. The molecule has 1 rings (SSSR count). The van der Waals surface area contributed by atoms with E-state index in [9.17, 15) is 5.11 Å². The predicted molar refractivity (Wildman–Crippen MR) is 65.8 cm³/mol. The van der Waals surface area contributed by atoms with Crippen molar-refractivity contribution in [3.05, 3.63) is 0 Å². The molecule has 0 spiro atoms. The van der Waals surface area contributed by atoms with Crippen molar-refractivity contribution in [2.45, 2.75) is 72.8 Å². The molecule has 0 bridgehead atoms. The lowest BCUT2D eigenvalue weighted by Crippen LogP contribution is -2.33. The monoisotopic (exact) mass is 212 g/mol. The maximum Gasteiger partial charge on any atom is 0.0540 e. The van der Waals surface area contributed by atoms with Crippen LogP contribution in [-0.2, 0) is 0 Å². The summed E-state index contributed by atoms with van der Waals surface area (Å²) in [5.41, 5.74) is 0.781. The third-order valence-corrected chi connectivity index (χ3v) is 4.65. The van der Waals surface area contributed by atoms with Crippen LogP contribution in [0.5, 0.6) is 0 Å². The predicted octanol–water partition coefficient (Wildman–Crippen LogP) is 4.00. The van der Waals surface area contributed by atoms with Crippen LogP contribution in [0.15, 0.2) is 0 Å². The van der Waals surface area contributed by atoms with Crippen molar-refractivity contribution in [3.8, 4) is 0 Å². The van der Waals surface area contributed by atoms with E-state index in [1.165, 1.54) is 19.3 Å². The van der Waals surface area contributed by atoms with E-state index in [4.69, 9.17) is 0 Å². The Labute approximate surface area is 95.3 Å². The molecule has 1 nitrogen and oxygen atoms in total. The van der Waals surface area contributed by atoms with Crippen LogP contribution in [0.3, 0.4) is 0 Å². The van der Waals surface area contributed by atoms with Crippen LogP contribution >= 0.6 is 0 Å². The molecule has 1 aliphatic carbocycles. The first-order valence-corrected chi connectivity index (χ1v) is 6.40. The summed E-state index contributed by atoms with van der Waals surface area (Å²) < 4.78 is 0. The van der Waals surface area contributed by atoms with Gasteiger partial charge >= 0.3 is 0 Å². The van der Waals surface area contributed by atoms with E-state index >= 15 is 0 Å². The van der Waals surface area contributed by atoms with Crippen molar-refractivity contribution in [3.63, 3.8) is 0 Å². The van der Waals surface area contributed by atoms with Crippen LogP contribution in [0.1, 0.15) is 66.7 Å². The second kappa shape index (κ2) is 4.45. The maximum atomic E-state index is 9.49. The van der Waals surface area contributed by atoms with E-state index in [-0.39, 0.29) is 6.10 Å². The molecule has 0 aliphatic heterocycles. The second-order valence-corrected chi connectivity index (χ2v) is 7.01. The molecule has 0 saturated heterocycles. The lowest BCUT2D eigenvalue weighted by Gasteiger charge is -2.42. The Balaban J connectivity index is 2.48. The van der Waals surface area contributed by atoms with Crippen LogP contribution in [-0.4, -0.2) is 11.2 Å². The van der Waals surface area contributed by atoms with Gasteiger partial charge in [0.2, 0.25) is 0 Å². The Morgan fingerprint density at radius 3 is 1.80 bits per heavy atom. The standard InChI is InChI=1S/C14H28O/c1-13(2,3)14(4,5)10-11-6-8-12(15)9-7-11/h11-12,15H,6-10H2,1-5H3. The summed E-state index contributed by atoms with van der Waals surface area (Å²) in [6.45, 7) is 11.8. The SMILES string of the molecule is CC(C)(C)C(C)(C)CC1CCC(O)CC1. The topological polar surface area (TPSA) is 20.2 Å². The maximum absolute atomic E-state index is 9.49. The summed E-state index contributed by atoms with van der Waals surface area (Å²) in [5.74, 6) is 0.836. The molecule has 0 aromatic carbocycles. The molecular formula is C14H28O. The molecule has 1 heteroatoms. The first kappa shape index (κ1) is 13.0. The minimum atomic E-state index is -0.0148. The molecule has 0 unspecified atom stereocenters. The highest BCUT2D eigenvalue weighted by molar-refractivity contribution is 4.86. The van der Waals surface area contributed by atoms with Crippen LogP contribution in [0.25, 0.3) is 0 Å². The summed E-state index contributed by atoms with van der Waals surface area (Å²) in [6.07, 6.45) is 5.78. The molecule has 0 aromatic heterocycles. The van der Waals surface area contributed by atoms with Gasteiger partial charge in [-0.2, -0.15) is 0 Å². The summed E-state index contributed by atoms with van der Waals surface area (Å²) in [4.78, 5) is 0. The lowest BCUT2D eigenvalue weighted by molar-refractivity contribution is 0.0559. The van der Waals surface area contributed by atoms with Gasteiger partial charge in [0.05, 0.1) is 6.10 Å². The van der Waals surface area contributed by atoms with Gasteiger partial charge in [-0.05, 0) is 48.9 Å². The Hall–Kier alpha value is -0.0400. The molecule has 15 heavy (non-hydrogen) atoms. The van der Waals surface area contributed by atoms with Crippen LogP contribution in [0, 0.1) is 16.7 Å². The van der Waals surface area contributed by atoms with Crippen molar-refractivity contribution in [1.82, 2.24) is 0 Å².